The fourth-order valence-electron chi connectivity index (χ4n) is 2.12. The molecule has 0 spiro atoms. The van der Waals surface area contributed by atoms with E-state index >= 15 is 0 Å². The summed E-state index contributed by atoms with van der Waals surface area (Å²) < 4.78 is 0. The maximum Gasteiger partial charge on any atom is 0.259 e. The molecule has 3 rings (SSSR count). The second-order valence-electron chi connectivity index (χ2n) is 3.71. The van der Waals surface area contributed by atoms with Gasteiger partial charge in [0.1, 0.15) is 10.7 Å². The predicted molar refractivity (Wildman–Crippen MR) is 65.0 cm³/mol. The first-order chi connectivity index (χ1) is 7.29. The molecule has 2 heterocycles. The second kappa shape index (κ2) is 3.35. The first-order valence-corrected chi connectivity index (χ1v) is 6.39. The molecular weight excluding hydrogens is 228 g/mol. The van der Waals surface area contributed by atoms with Crippen molar-refractivity contribution < 1.29 is 0 Å². The fourth-order valence-corrected chi connectivity index (χ4v) is 3.55. The highest BCUT2D eigenvalue weighted by atomic mass is 32.1. The Morgan fingerprint density at radius 2 is 2.33 bits per heavy atom. The highest BCUT2D eigenvalue weighted by molar-refractivity contribution is 7.79. The zero-order chi connectivity index (χ0) is 10.4. The Morgan fingerprint density at radius 1 is 1.47 bits per heavy atom. The number of fused-ring (bicyclic) bond motifs is 3. The van der Waals surface area contributed by atoms with Crippen LogP contribution < -0.4 is 5.56 Å². The molecule has 0 unspecified atom stereocenters. The van der Waals surface area contributed by atoms with Crippen molar-refractivity contribution in [3.05, 3.63) is 26.6 Å². The van der Waals surface area contributed by atoms with E-state index < -0.39 is 0 Å². The number of thiol groups is 1. The minimum Gasteiger partial charge on any atom is -0.309 e. The molecule has 2 aromatic heterocycles. The summed E-state index contributed by atoms with van der Waals surface area (Å²) in [6.07, 6.45) is 3.30. The third-order valence-corrected chi connectivity index (χ3v) is 4.26. The number of aromatic amines is 1. The van der Waals surface area contributed by atoms with Crippen molar-refractivity contribution in [3.8, 4) is 0 Å². The summed E-state index contributed by atoms with van der Waals surface area (Å²) in [5, 5.41) is 0.818. The molecule has 5 heteroatoms. The van der Waals surface area contributed by atoms with Crippen molar-refractivity contribution in [3.63, 3.8) is 0 Å². The van der Waals surface area contributed by atoms with E-state index in [0.29, 0.717) is 11.6 Å². The normalized spacial score (nSPS) is 14.7. The maximum atomic E-state index is 11.9. The first-order valence-electron chi connectivity index (χ1n) is 4.94. The molecule has 0 amide bonds. The topological polar surface area (TPSA) is 45.8 Å². The molecule has 2 aromatic rings. The third-order valence-electron chi connectivity index (χ3n) is 2.77. The molecule has 1 aliphatic rings. The van der Waals surface area contributed by atoms with Crippen LogP contribution in [0.4, 0.5) is 0 Å². The summed E-state index contributed by atoms with van der Waals surface area (Å²) in [6.45, 7) is 0. The maximum absolute atomic E-state index is 11.9. The fraction of sp³-hybridized carbons (Fsp3) is 0.400. The van der Waals surface area contributed by atoms with Gasteiger partial charge in [-0.3, -0.25) is 4.79 Å². The van der Waals surface area contributed by atoms with Crippen molar-refractivity contribution in [2.24, 2.45) is 0 Å². The summed E-state index contributed by atoms with van der Waals surface area (Å²) in [5.74, 6) is 1.14. The van der Waals surface area contributed by atoms with Crippen LogP contribution in [0.25, 0.3) is 10.2 Å². The van der Waals surface area contributed by atoms with Crippen LogP contribution >= 0.6 is 24.0 Å². The van der Waals surface area contributed by atoms with E-state index in [9.17, 15) is 4.79 Å². The Hall–Kier alpha value is -0.810. The van der Waals surface area contributed by atoms with Crippen LogP contribution in [0, 0.1) is 0 Å². The predicted octanol–water partition coefficient (Wildman–Crippen LogP) is 1.90. The molecule has 0 saturated carbocycles. The molecule has 0 bridgehead atoms. The molecule has 0 atom stereocenters. The molecule has 1 N–H and O–H groups in total. The molecule has 0 saturated heterocycles. The summed E-state index contributed by atoms with van der Waals surface area (Å²) in [5.41, 5.74) is 1.23. The largest absolute Gasteiger partial charge is 0.309 e. The Labute approximate surface area is 96.0 Å². The number of rotatable bonds is 1. The lowest BCUT2D eigenvalue weighted by atomic mass is 10.2. The van der Waals surface area contributed by atoms with Gasteiger partial charge in [-0.25, -0.2) is 4.98 Å². The molecular formula is C10H10N2OS2. The third kappa shape index (κ3) is 1.33. The lowest BCUT2D eigenvalue weighted by Gasteiger charge is -1.96. The van der Waals surface area contributed by atoms with Gasteiger partial charge < -0.3 is 4.98 Å². The average molecular weight is 238 g/mol. The number of nitrogens with one attached hydrogen (secondary N) is 1. The summed E-state index contributed by atoms with van der Waals surface area (Å²) >= 11 is 5.79. The number of H-pyrrole nitrogens is 1. The highest BCUT2D eigenvalue weighted by Crippen LogP contribution is 2.34. The van der Waals surface area contributed by atoms with Crippen LogP contribution in [0.3, 0.4) is 0 Å². The van der Waals surface area contributed by atoms with Crippen LogP contribution in [-0.4, -0.2) is 9.97 Å². The number of thiophene rings is 1. The van der Waals surface area contributed by atoms with Crippen molar-refractivity contribution >= 4 is 34.2 Å². The Morgan fingerprint density at radius 3 is 3.13 bits per heavy atom. The van der Waals surface area contributed by atoms with E-state index in [4.69, 9.17) is 0 Å². The Bertz CT molecular complexity index is 585. The Kier molecular flexibility index (Phi) is 2.10. The van der Waals surface area contributed by atoms with E-state index in [1.165, 1.54) is 16.9 Å². The Balaban J connectivity index is 2.39. The number of aromatic nitrogens is 2. The summed E-state index contributed by atoms with van der Waals surface area (Å²) in [4.78, 5) is 21.3. The summed E-state index contributed by atoms with van der Waals surface area (Å²) in [7, 11) is 0. The molecule has 0 aliphatic heterocycles. The van der Waals surface area contributed by atoms with Crippen molar-refractivity contribution in [2.75, 3.05) is 0 Å². The molecule has 15 heavy (non-hydrogen) atoms. The van der Waals surface area contributed by atoms with E-state index in [2.05, 4.69) is 22.6 Å². The van der Waals surface area contributed by atoms with Crippen molar-refractivity contribution in [1.82, 2.24) is 9.97 Å². The van der Waals surface area contributed by atoms with Crippen LogP contribution in [0.2, 0.25) is 0 Å². The average Bonchev–Trinajstić information content (AvgIpc) is 2.75. The minimum atomic E-state index is 0.00319. The van der Waals surface area contributed by atoms with Gasteiger partial charge >= 0.3 is 0 Å². The van der Waals surface area contributed by atoms with Gasteiger partial charge in [-0.15, -0.1) is 11.3 Å². The molecule has 3 nitrogen and oxygen atoms in total. The lowest BCUT2D eigenvalue weighted by Crippen LogP contribution is -2.10. The van der Waals surface area contributed by atoms with Gasteiger partial charge in [0.25, 0.3) is 5.56 Å². The van der Waals surface area contributed by atoms with Gasteiger partial charge in [0.2, 0.25) is 0 Å². The molecule has 0 fully saturated rings. The van der Waals surface area contributed by atoms with Gasteiger partial charge in [0.15, 0.2) is 0 Å². The monoisotopic (exact) mass is 238 g/mol. The van der Waals surface area contributed by atoms with Gasteiger partial charge in [0.05, 0.1) is 5.39 Å². The summed E-state index contributed by atoms with van der Waals surface area (Å²) in [6, 6.07) is 0. The van der Waals surface area contributed by atoms with E-state index in [-0.39, 0.29) is 5.56 Å². The number of aryl methyl sites for hydroxylation is 2. The zero-order valence-electron chi connectivity index (χ0n) is 8.04. The molecule has 0 radical (unpaired) electrons. The van der Waals surface area contributed by atoms with E-state index in [1.54, 1.807) is 11.3 Å². The second-order valence-corrected chi connectivity index (χ2v) is 5.11. The van der Waals surface area contributed by atoms with E-state index in [0.717, 1.165) is 23.1 Å². The standard InChI is InChI=1S/C10H10N2OS2/c13-9-8-5-2-1-3-6(5)15-10(8)12-7(4-14)11-9/h14H,1-4H2,(H,11,12,13). The van der Waals surface area contributed by atoms with Crippen molar-refractivity contribution in [1.29, 1.82) is 0 Å². The minimum absolute atomic E-state index is 0.00319. The van der Waals surface area contributed by atoms with Crippen LogP contribution in [0.15, 0.2) is 4.79 Å². The quantitative estimate of drug-likeness (QED) is 0.745. The number of nitrogens with zero attached hydrogens (tertiary/aromatic N) is 1. The van der Waals surface area contributed by atoms with Gasteiger partial charge in [-0.2, -0.15) is 12.6 Å². The van der Waals surface area contributed by atoms with Gasteiger partial charge in [0, 0.05) is 10.6 Å². The number of hydrogen-bond donors (Lipinski definition) is 2. The van der Waals surface area contributed by atoms with Crippen LogP contribution in [0.1, 0.15) is 22.7 Å². The van der Waals surface area contributed by atoms with Gasteiger partial charge in [-0.1, -0.05) is 0 Å². The zero-order valence-corrected chi connectivity index (χ0v) is 9.75. The van der Waals surface area contributed by atoms with Crippen molar-refractivity contribution in [2.45, 2.75) is 25.0 Å². The van der Waals surface area contributed by atoms with E-state index in [1.807, 2.05) is 0 Å². The van der Waals surface area contributed by atoms with Crippen LogP contribution in [-0.2, 0) is 18.6 Å². The van der Waals surface area contributed by atoms with Crippen LogP contribution in [0.5, 0.6) is 0 Å². The molecule has 0 aromatic carbocycles. The highest BCUT2D eigenvalue weighted by Gasteiger charge is 2.20. The van der Waals surface area contributed by atoms with Gasteiger partial charge in [-0.05, 0) is 24.8 Å². The first kappa shape index (κ1) is 9.42. The number of hydrogen-bond acceptors (Lipinski definition) is 4. The molecule has 1 aliphatic carbocycles. The molecule has 78 valence electrons. The SMILES string of the molecule is O=c1[nH]c(CS)nc2sc3c(c12)CCC3. The smallest absolute Gasteiger partial charge is 0.259 e. The lowest BCUT2D eigenvalue weighted by molar-refractivity contribution is 0.916.